The Morgan fingerprint density at radius 3 is 2.00 bits per heavy atom. The Labute approximate surface area is 78.8 Å². The molecule has 0 aliphatic carbocycles. The molecule has 1 aromatic rings. The Hall–Kier alpha value is -2.24. The van der Waals surface area contributed by atoms with Gasteiger partial charge in [-0.25, -0.2) is 0 Å². The highest BCUT2D eigenvalue weighted by atomic mass is 16.6. The lowest BCUT2D eigenvalue weighted by molar-refractivity contribution is -0.385. The Morgan fingerprint density at radius 2 is 1.64 bits per heavy atom. The minimum Gasteiger partial charge on any atom is -0.258 e. The van der Waals surface area contributed by atoms with Gasteiger partial charge >= 0.3 is 0 Å². The molecule has 6 nitrogen and oxygen atoms in total. The van der Waals surface area contributed by atoms with Crippen molar-refractivity contribution in [2.24, 2.45) is 0 Å². The summed E-state index contributed by atoms with van der Waals surface area (Å²) in [5, 5.41) is 20.6. The van der Waals surface area contributed by atoms with E-state index in [9.17, 15) is 20.2 Å². The van der Waals surface area contributed by atoms with Crippen LogP contribution in [0.2, 0.25) is 0 Å². The summed E-state index contributed by atoms with van der Waals surface area (Å²) < 4.78 is 0. The lowest BCUT2D eigenvalue weighted by atomic mass is 10.1. The molecule has 0 N–H and O–H groups in total. The number of rotatable bonds is 3. The zero-order valence-electron chi connectivity index (χ0n) is 7.04. The maximum absolute atomic E-state index is 10.3. The number of hydrogen-bond acceptors (Lipinski definition) is 4. The second-order valence-electron chi connectivity index (χ2n) is 2.51. The summed E-state index contributed by atoms with van der Waals surface area (Å²) in [5.41, 5.74) is -0.120. The fourth-order valence-electron chi connectivity index (χ4n) is 0.881. The van der Waals surface area contributed by atoms with E-state index in [1.54, 1.807) is 0 Å². The summed E-state index contributed by atoms with van der Waals surface area (Å²) in [5.74, 6) is 0. The third-order valence-corrected chi connectivity index (χ3v) is 1.63. The average Bonchev–Trinajstić information content (AvgIpc) is 2.16. The van der Waals surface area contributed by atoms with E-state index in [4.69, 9.17) is 0 Å². The molecule has 0 saturated carbocycles. The summed E-state index contributed by atoms with van der Waals surface area (Å²) in [4.78, 5) is 19.3. The first-order chi connectivity index (χ1) is 6.52. The molecule has 72 valence electrons. The van der Waals surface area contributed by atoms with Crippen LogP contribution in [0.4, 0.5) is 5.69 Å². The second kappa shape index (κ2) is 3.65. The van der Waals surface area contributed by atoms with Gasteiger partial charge in [-0.1, -0.05) is 0 Å². The molecule has 0 aliphatic heterocycles. The number of nitro benzene ring substituents is 1. The standard InChI is InChI=1S/C8H6N2O4/c1-6(9(11)12)7-2-4-8(5-3-7)10(13)14/h2-5H,1H2. The Morgan fingerprint density at radius 1 is 1.14 bits per heavy atom. The van der Waals surface area contributed by atoms with Crippen LogP contribution in [-0.4, -0.2) is 9.85 Å². The van der Waals surface area contributed by atoms with Crippen LogP contribution >= 0.6 is 0 Å². The molecule has 0 heterocycles. The lowest BCUT2D eigenvalue weighted by Gasteiger charge is -1.95. The molecule has 0 bridgehead atoms. The quantitative estimate of drug-likeness (QED) is 0.542. The van der Waals surface area contributed by atoms with Gasteiger partial charge in [-0.3, -0.25) is 20.2 Å². The van der Waals surface area contributed by atoms with Gasteiger partial charge in [0.05, 0.1) is 15.4 Å². The predicted molar refractivity (Wildman–Crippen MR) is 49.1 cm³/mol. The normalized spacial score (nSPS) is 9.43. The molecule has 0 unspecified atom stereocenters. The van der Waals surface area contributed by atoms with Crippen LogP contribution < -0.4 is 0 Å². The highest BCUT2D eigenvalue weighted by Crippen LogP contribution is 2.17. The van der Waals surface area contributed by atoms with Crippen LogP contribution in [0.5, 0.6) is 0 Å². The Bertz CT molecular complexity index is 396. The fraction of sp³-hybridized carbons (Fsp3) is 0. The predicted octanol–water partition coefficient (Wildman–Crippen LogP) is 1.84. The van der Waals surface area contributed by atoms with Gasteiger partial charge in [-0.15, -0.1) is 0 Å². The van der Waals surface area contributed by atoms with E-state index in [1.165, 1.54) is 24.3 Å². The molecular weight excluding hydrogens is 188 g/mol. The van der Waals surface area contributed by atoms with E-state index in [0.717, 1.165) is 0 Å². The van der Waals surface area contributed by atoms with E-state index in [0.29, 0.717) is 0 Å². The van der Waals surface area contributed by atoms with Crippen molar-refractivity contribution in [1.82, 2.24) is 0 Å². The summed E-state index contributed by atoms with van der Waals surface area (Å²) in [7, 11) is 0. The summed E-state index contributed by atoms with van der Waals surface area (Å²) in [6, 6.07) is 4.99. The van der Waals surface area contributed by atoms with Gasteiger partial charge in [-0.2, -0.15) is 0 Å². The summed E-state index contributed by atoms with van der Waals surface area (Å²) in [6.45, 7) is 3.23. The van der Waals surface area contributed by atoms with Crippen molar-refractivity contribution in [3.05, 3.63) is 56.6 Å². The van der Waals surface area contributed by atoms with Crippen molar-refractivity contribution < 1.29 is 9.85 Å². The molecule has 1 rings (SSSR count). The number of non-ortho nitro benzene ring substituents is 1. The van der Waals surface area contributed by atoms with Crippen LogP contribution in [-0.2, 0) is 0 Å². The van der Waals surface area contributed by atoms with E-state index in [1.807, 2.05) is 0 Å². The highest BCUT2D eigenvalue weighted by molar-refractivity contribution is 5.57. The molecule has 0 aromatic heterocycles. The minimum atomic E-state index is -0.638. The molecule has 0 saturated heterocycles. The number of hydrogen-bond donors (Lipinski definition) is 0. The van der Waals surface area contributed by atoms with Crippen molar-refractivity contribution in [2.75, 3.05) is 0 Å². The molecular formula is C8H6N2O4. The van der Waals surface area contributed by atoms with Gasteiger partial charge in [0, 0.05) is 12.1 Å². The molecule has 0 atom stereocenters. The fourth-order valence-corrected chi connectivity index (χ4v) is 0.881. The van der Waals surface area contributed by atoms with Gasteiger partial charge in [-0.05, 0) is 18.7 Å². The molecule has 1 aromatic carbocycles. The van der Waals surface area contributed by atoms with Gasteiger partial charge in [0.1, 0.15) is 0 Å². The number of nitrogens with zero attached hydrogens (tertiary/aromatic N) is 2. The molecule has 14 heavy (non-hydrogen) atoms. The first-order valence-electron chi connectivity index (χ1n) is 3.60. The first kappa shape index (κ1) is 9.85. The first-order valence-corrected chi connectivity index (χ1v) is 3.60. The summed E-state index contributed by atoms with van der Waals surface area (Å²) in [6.07, 6.45) is 0. The van der Waals surface area contributed by atoms with E-state index < -0.39 is 9.85 Å². The zero-order valence-corrected chi connectivity index (χ0v) is 7.04. The third kappa shape index (κ3) is 1.92. The maximum atomic E-state index is 10.3. The lowest BCUT2D eigenvalue weighted by Crippen LogP contribution is -1.96. The number of nitro groups is 2. The average molecular weight is 194 g/mol. The zero-order chi connectivity index (χ0) is 10.7. The van der Waals surface area contributed by atoms with Crippen molar-refractivity contribution in [2.45, 2.75) is 0 Å². The SMILES string of the molecule is C=C(c1ccc([N+](=O)[O-])cc1)[N+](=O)[O-]. The van der Waals surface area contributed by atoms with Gasteiger partial charge in [0.15, 0.2) is 0 Å². The highest BCUT2D eigenvalue weighted by Gasteiger charge is 2.12. The van der Waals surface area contributed by atoms with Gasteiger partial charge < -0.3 is 0 Å². The Kier molecular flexibility index (Phi) is 2.57. The van der Waals surface area contributed by atoms with Crippen LogP contribution in [0.1, 0.15) is 5.56 Å². The minimum absolute atomic E-state index is 0.107. The van der Waals surface area contributed by atoms with E-state index in [-0.39, 0.29) is 16.9 Å². The topological polar surface area (TPSA) is 86.3 Å². The number of benzene rings is 1. The van der Waals surface area contributed by atoms with Gasteiger partial charge in [0.25, 0.3) is 11.4 Å². The third-order valence-electron chi connectivity index (χ3n) is 1.63. The van der Waals surface area contributed by atoms with Gasteiger partial charge in [0.2, 0.25) is 0 Å². The van der Waals surface area contributed by atoms with E-state index >= 15 is 0 Å². The molecule has 0 fully saturated rings. The van der Waals surface area contributed by atoms with Crippen LogP contribution in [0.15, 0.2) is 30.8 Å². The molecule has 0 aliphatic rings. The van der Waals surface area contributed by atoms with Crippen molar-refractivity contribution >= 4 is 11.4 Å². The maximum Gasteiger partial charge on any atom is 0.269 e. The van der Waals surface area contributed by atoms with Crippen molar-refractivity contribution in [3.63, 3.8) is 0 Å². The smallest absolute Gasteiger partial charge is 0.258 e. The molecule has 0 amide bonds. The molecule has 6 heteroatoms. The Balaban J connectivity index is 3.00. The largest absolute Gasteiger partial charge is 0.269 e. The second-order valence-corrected chi connectivity index (χ2v) is 2.51. The molecule has 0 spiro atoms. The monoisotopic (exact) mass is 194 g/mol. The van der Waals surface area contributed by atoms with Crippen molar-refractivity contribution in [1.29, 1.82) is 0 Å². The van der Waals surface area contributed by atoms with Crippen LogP contribution in [0, 0.1) is 20.2 Å². The van der Waals surface area contributed by atoms with Crippen LogP contribution in [0.25, 0.3) is 5.70 Å². The van der Waals surface area contributed by atoms with Crippen molar-refractivity contribution in [3.8, 4) is 0 Å². The van der Waals surface area contributed by atoms with Crippen LogP contribution in [0.3, 0.4) is 0 Å². The van der Waals surface area contributed by atoms with E-state index in [2.05, 4.69) is 6.58 Å². The summed E-state index contributed by atoms with van der Waals surface area (Å²) >= 11 is 0. The molecule has 0 radical (unpaired) electrons.